The van der Waals surface area contributed by atoms with Gasteiger partial charge in [-0.1, -0.05) is 11.6 Å². The Morgan fingerprint density at radius 1 is 1.53 bits per heavy atom. The summed E-state index contributed by atoms with van der Waals surface area (Å²) < 4.78 is 6.80. The minimum atomic E-state index is 0.147. The van der Waals surface area contributed by atoms with Crippen LogP contribution < -0.4 is 5.32 Å². The van der Waals surface area contributed by atoms with E-state index in [0.717, 1.165) is 17.3 Å². The van der Waals surface area contributed by atoms with Gasteiger partial charge >= 0.3 is 0 Å². The highest BCUT2D eigenvalue weighted by atomic mass is 35.5. The fraction of sp³-hybridized carbons (Fsp3) is 0.636. The molecule has 0 spiro atoms. The molecule has 1 fully saturated rings. The Balaban J connectivity index is 2.09. The average Bonchev–Trinajstić information content (AvgIpc) is 2.51. The van der Waals surface area contributed by atoms with Crippen LogP contribution in [0.5, 0.6) is 0 Å². The number of nitrogens with one attached hydrogen (secondary N) is 1. The number of halogens is 1. The van der Waals surface area contributed by atoms with Gasteiger partial charge in [-0.25, -0.2) is 0 Å². The molecule has 15 heavy (non-hydrogen) atoms. The van der Waals surface area contributed by atoms with Gasteiger partial charge in [-0.05, 0) is 37.3 Å². The minimum absolute atomic E-state index is 0.147. The van der Waals surface area contributed by atoms with Gasteiger partial charge in [0.25, 0.3) is 0 Å². The van der Waals surface area contributed by atoms with Gasteiger partial charge in [-0.2, -0.15) is 0 Å². The van der Waals surface area contributed by atoms with Crippen LogP contribution in [0.2, 0.25) is 4.34 Å². The molecule has 0 saturated carbocycles. The summed E-state index contributed by atoms with van der Waals surface area (Å²) >= 11 is 7.49. The fourth-order valence-corrected chi connectivity index (χ4v) is 2.89. The molecule has 3 atom stereocenters. The first-order chi connectivity index (χ1) is 7.15. The van der Waals surface area contributed by atoms with Gasteiger partial charge in [-0.3, -0.25) is 0 Å². The van der Waals surface area contributed by atoms with Crippen molar-refractivity contribution in [3.8, 4) is 0 Å². The Morgan fingerprint density at radius 2 is 2.33 bits per heavy atom. The van der Waals surface area contributed by atoms with Gasteiger partial charge in [0.1, 0.15) is 0 Å². The monoisotopic (exact) mass is 245 g/mol. The molecule has 2 nitrogen and oxygen atoms in total. The highest BCUT2D eigenvalue weighted by molar-refractivity contribution is 7.14. The molecule has 1 aromatic rings. The average molecular weight is 246 g/mol. The van der Waals surface area contributed by atoms with Crippen molar-refractivity contribution in [1.29, 1.82) is 0 Å². The van der Waals surface area contributed by atoms with Crippen LogP contribution in [0.25, 0.3) is 0 Å². The first kappa shape index (κ1) is 11.4. The third kappa shape index (κ3) is 2.94. The Bertz CT molecular complexity index is 328. The van der Waals surface area contributed by atoms with E-state index in [9.17, 15) is 0 Å². The molecule has 1 aromatic heterocycles. The normalized spacial score (nSPS) is 32.6. The van der Waals surface area contributed by atoms with Crippen molar-refractivity contribution >= 4 is 22.9 Å². The summed E-state index contributed by atoms with van der Waals surface area (Å²) in [6.07, 6.45) is 1.52. The van der Waals surface area contributed by atoms with Crippen molar-refractivity contribution < 1.29 is 4.74 Å². The Kier molecular flexibility index (Phi) is 3.67. The van der Waals surface area contributed by atoms with Crippen molar-refractivity contribution in [3.63, 3.8) is 0 Å². The summed E-state index contributed by atoms with van der Waals surface area (Å²) in [6.45, 7) is 5.20. The van der Waals surface area contributed by atoms with Crippen molar-refractivity contribution in [2.45, 2.75) is 38.5 Å². The fourth-order valence-electron chi connectivity index (χ4n) is 1.96. The molecule has 1 N–H and O–H groups in total. The molecule has 1 saturated heterocycles. The van der Waals surface area contributed by atoms with Gasteiger partial charge in [0.15, 0.2) is 0 Å². The van der Waals surface area contributed by atoms with E-state index < -0.39 is 0 Å². The third-order valence-electron chi connectivity index (χ3n) is 2.69. The van der Waals surface area contributed by atoms with Crippen LogP contribution in [0.1, 0.15) is 31.9 Å². The highest BCUT2D eigenvalue weighted by Crippen LogP contribution is 2.29. The van der Waals surface area contributed by atoms with Gasteiger partial charge in [0.2, 0.25) is 0 Å². The predicted octanol–water partition coefficient (Wildman–Crippen LogP) is 3.23. The highest BCUT2D eigenvalue weighted by Gasteiger charge is 2.22. The number of hydrogen-bond donors (Lipinski definition) is 1. The molecule has 0 aliphatic carbocycles. The molecule has 2 heterocycles. The lowest BCUT2D eigenvalue weighted by atomic mass is 10.2. The zero-order chi connectivity index (χ0) is 10.8. The maximum atomic E-state index is 5.97. The quantitative estimate of drug-likeness (QED) is 0.820. The zero-order valence-corrected chi connectivity index (χ0v) is 10.6. The zero-order valence-electron chi connectivity index (χ0n) is 9.00. The van der Waals surface area contributed by atoms with E-state index in [0.29, 0.717) is 12.1 Å². The van der Waals surface area contributed by atoms with E-state index in [1.54, 1.807) is 11.3 Å². The summed E-state index contributed by atoms with van der Waals surface area (Å²) in [4.78, 5) is 0. The standard InChI is InChI=1S/C11H16ClNOS/c1-7-3-8(2)14-10(5-13-7)9-4-11(12)15-6-9/h4,6-8,10,13H,3,5H2,1-2H3. The molecule has 4 heteroatoms. The summed E-state index contributed by atoms with van der Waals surface area (Å²) in [6, 6.07) is 2.53. The van der Waals surface area contributed by atoms with E-state index in [4.69, 9.17) is 16.3 Å². The van der Waals surface area contributed by atoms with Crippen LogP contribution >= 0.6 is 22.9 Å². The lowest BCUT2D eigenvalue weighted by molar-refractivity contribution is 0.00740. The molecule has 0 amide bonds. The van der Waals surface area contributed by atoms with E-state index in [2.05, 4.69) is 24.5 Å². The summed E-state index contributed by atoms with van der Waals surface area (Å²) in [5, 5.41) is 5.55. The number of hydrogen-bond acceptors (Lipinski definition) is 3. The molecule has 0 aromatic carbocycles. The molecule has 0 radical (unpaired) electrons. The van der Waals surface area contributed by atoms with Gasteiger partial charge in [-0.15, -0.1) is 11.3 Å². The van der Waals surface area contributed by atoms with Crippen molar-refractivity contribution in [2.24, 2.45) is 0 Å². The summed E-state index contributed by atoms with van der Waals surface area (Å²) in [5.41, 5.74) is 1.19. The topological polar surface area (TPSA) is 21.3 Å². The number of rotatable bonds is 1. The van der Waals surface area contributed by atoms with Crippen molar-refractivity contribution in [1.82, 2.24) is 5.32 Å². The van der Waals surface area contributed by atoms with E-state index in [1.807, 2.05) is 6.07 Å². The van der Waals surface area contributed by atoms with Crippen LogP contribution in [0, 0.1) is 0 Å². The Hall–Kier alpha value is -0.0900. The molecule has 84 valence electrons. The summed E-state index contributed by atoms with van der Waals surface area (Å²) in [7, 11) is 0. The molecule has 0 bridgehead atoms. The molecular formula is C11H16ClNOS. The smallest absolute Gasteiger partial charge is 0.0961 e. The van der Waals surface area contributed by atoms with Gasteiger partial charge in [0.05, 0.1) is 16.5 Å². The van der Waals surface area contributed by atoms with E-state index in [1.165, 1.54) is 5.56 Å². The molecule has 1 aliphatic heterocycles. The third-order valence-corrected chi connectivity index (χ3v) is 3.80. The van der Waals surface area contributed by atoms with Crippen LogP contribution in [-0.2, 0) is 4.74 Å². The van der Waals surface area contributed by atoms with E-state index >= 15 is 0 Å². The van der Waals surface area contributed by atoms with Gasteiger partial charge < -0.3 is 10.1 Å². The van der Waals surface area contributed by atoms with Crippen LogP contribution in [0.4, 0.5) is 0 Å². The van der Waals surface area contributed by atoms with E-state index in [-0.39, 0.29) is 6.10 Å². The first-order valence-electron chi connectivity index (χ1n) is 5.28. The van der Waals surface area contributed by atoms with Crippen LogP contribution in [0.15, 0.2) is 11.4 Å². The Morgan fingerprint density at radius 3 is 3.00 bits per heavy atom. The molecular weight excluding hydrogens is 230 g/mol. The lowest BCUT2D eigenvalue weighted by Crippen LogP contribution is -2.27. The SMILES string of the molecule is CC1CC(C)OC(c2csc(Cl)c2)CN1. The maximum Gasteiger partial charge on any atom is 0.0961 e. The maximum absolute atomic E-state index is 5.97. The number of thiophene rings is 1. The minimum Gasteiger partial charge on any atom is -0.369 e. The second-order valence-corrected chi connectivity index (χ2v) is 5.71. The molecule has 3 unspecified atom stereocenters. The van der Waals surface area contributed by atoms with Crippen LogP contribution in [-0.4, -0.2) is 18.7 Å². The second-order valence-electron chi connectivity index (χ2n) is 4.16. The Labute approximate surface area is 99.6 Å². The van der Waals surface area contributed by atoms with Crippen LogP contribution in [0.3, 0.4) is 0 Å². The second kappa shape index (κ2) is 4.83. The van der Waals surface area contributed by atoms with Crippen molar-refractivity contribution in [3.05, 3.63) is 21.3 Å². The number of ether oxygens (including phenoxy) is 1. The molecule has 2 rings (SSSR count). The largest absolute Gasteiger partial charge is 0.369 e. The van der Waals surface area contributed by atoms with Crippen molar-refractivity contribution in [2.75, 3.05) is 6.54 Å². The van der Waals surface area contributed by atoms with Gasteiger partial charge in [0, 0.05) is 12.6 Å². The predicted molar refractivity (Wildman–Crippen MR) is 64.7 cm³/mol. The summed E-state index contributed by atoms with van der Waals surface area (Å²) in [5.74, 6) is 0. The first-order valence-corrected chi connectivity index (χ1v) is 6.53. The molecule has 1 aliphatic rings. The lowest BCUT2D eigenvalue weighted by Gasteiger charge is -2.17.